The van der Waals surface area contributed by atoms with Gasteiger partial charge in [-0.2, -0.15) is 0 Å². The highest BCUT2D eigenvalue weighted by Gasteiger charge is 1.95. The number of benzene rings is 2. The molecule has 2 aromatic rings. The van der Waals surface area contributed by atoms with Crippen molar-refractivity contribution >= 4 is 0 Å². The molecule has 0 heterocycles. The lowest BCUT2D eigenvalue weighted by atomic mass is 10.1. The molecule has 0 radical (unpaired) electrons. The summed E-state index contributed by atoms with van der Waals surface area (Å²) in [6.07, 6.45) is 0.870. The van der Waals surface area contributed by atoms with Crippen LogP contribution in [0.25, 0.3) is 0 Å². The molecular formula is C17H22O2. The maximum absolute atomic E-state index is 9.29. The van der Waals surface area contributed by atoms with Gasteiger partial charge in [-0.15, -0.1) is 0 Å². The van der Waals surface area contributed by atoms with Gasteiger partial charge in [0.05, 0.1) is 0 Å². The Morgan fingerprint density at radius 1 is 0.842 bits per heavy atom. The molecule has 2 nitrogen and oxygen atoms in total. The molecule has 102 valence electrons. The minimum absolute atomic E-state index is 0.332. The number of hydrogen-bond donors (Lipinski definition) is 1. The quantitative estimate of drug-likeness (QED) is 0.897. The summed E-state index contributed by atoms with van der Waals surface area (Å²) in [5.41, 5.74) is 2.40. The van der Waals surface area contributed by atoms with E-state index in [9.17, 15) is 5.11 Å². The first-order chi connectivity index (χ1) is 9.26. The third-order valence-corrected chi connectivity index (χ3v) is 2.57. The molecular weight excluding hydrogens is 236 g/mol. The van der Waals surface area contributed by atoms with E-state index in [0.29, 0.717) is 5.75 Å². The Labute approximate surface area is 115 Å². The van der Waals surface area contributed by atoms with Gasteiger partial charge < -0.3 is 9.84 Å². The molecule has 0 fully saturated rings. The molecule has 1 N–H and O–H groups in total. The highest BCUT2D eigenvalue weighted by atomic mass is 16.5. The molecule has 2 rings (SSSR count). The van der Waals surface area contributed by atoms with Gasteiger partial charge >= 0.3 is 0 Å². The first kappa shape index (κ1) is 15.3. The van der Waals surface area contributed by atoms with E-state index in [4.69, 9.17) is 4.74 Å². The van der Waals surface area contributed by atoms with E-state index >= 15 is 0 Å². The van der Waals surface area contributed by atoms with Gasteiger partial charge in [0.1, 0.15) is 5.75 Å². The number of ether oxygens (including phenoxy) is 1. The zero-order valence-corrected chi connectivity index (χ0v) is 11.7. The van der Waals surface area contributed by atoms with E-state index in [2.05, 4.69) is 12.1 Å². The zero-order chi connectivity index (χ0) is 13.9. The summed E-state index contributed by atoms with van der Waals surface area (Å²) in [5, 5.41) is 9.29. The van der Waals surface area contributed by atoms with Gasteiger partial charge in [-0.1, -0.05) is 42.5 Å². The zero-order valence-electron chi connectivity index (χ0n) is 11.7. The van der Waals surface area contributed by atoms with Crippen molar-refractivity contribution in [2.45, 2.75) is 20.3 Å². The molecule has 0 aromatic heterocycles. The Hall–Kier alpha value is -1.80. The summed E-state index contributed by atoms with van der Waals surface area (Å²) in [6, 6.07) is 17.6. The topological polar surface area (TPSA) is 29.5 Å². The van der Waals surface area contributed by atoms with Gasteiger partial charge in [-0.25, -0.2) is 0 Å². The fourth-order valence-corrected chi connectivity index (χ4v) is 1.70. The predicted molar refractivity (Wildman–Crippen MR) is 79.5 cm³/mol. The lowest BCUT2D eigenvalue weighted by Gasteiger charge is -2.01. The van der Waals surface area contributed by atoms with Crippen molar-refractivity contribution in [1.29, 1.82) is 0 Å². The average Bonchev–Trinajstić information content (AvgIpc) is 2.41. The minimum atomic E-state index is 0.332. The van der Waals surface area contributed by atoms with E-state index in [1.807, 2.05) is 44.2 Å². The number of phenolic OH excluding ortho intramolecular Hbond substituents is 1. The maximum Gasteiger partial charge on any atom is 0.115 e. The summed E-state index contributed by atoms with van der Waals surface area (Å²) >= 11 is 0. The Kier molecular flexibility index (Phi) is 7.37. The largest absolute Gasteiger partial charge is 0.508 e. The van der Waals surface area contributed by atoms with Crippen LogP contribution in [0.3, 0.4) is 0 Å². The summed E-state index contributed by atoms with van der Waals surface area (Å²) in [7, 11) is 0. The highest BCUT2D eigenvalue weighted by molar-refractivity contribution is 5.31. The summed E-state index contributed by atoms with van der Waals surface area (Å²) in [5.74, 6) is 0.332. The third kappa shape index (κ3) is 6.63. The van der Waals surface area contributed by atoms with Crippen LogP contribution in [0.5, 0.6) is 5.75 Å². The van der Waals surface area contributed by atoms with Crippen LogP contribution in [0.4, 0.5) is 0 Å². The SMILES string of the molecule is CCOCC.Oc1cccc(Cc2ccccc2)c1. The summed E-state index contributed by atoms with van der Waals surface area (Å²) < 4.78 is 4.83. The Bertz CT molecular complexity index is 450. The number of hydrogen-bond acceptors (Lipinski definition) is 2. The minimum Gasteiger partial charge on any atom is -0.508 e. The Balaban J connectivity index is 0.000000312. The van der Waals surface area contributed by atoms with Gasteiger partial charge in [-0.05, 0) is 43.5 Å². The molecule has 0 saturated heterocycles. The van der Waals surface area contributed by atoms with Crippen molar-refractivity contribution < 1.29 is 9.84 Å². The van der Waals surface area contributed by atoms with Crippen LogP contribution < -0.4 is 0 Å². The van der Waals surface area contributed by atoms with Gasteiger partial charge in [-0.3, -0.25) is 0 Å². The van der Waals surface area contributed by atoms with Crippen LogP contribution in [0.1, 0.15) is 25.0 Å². The van der Waals surface area contributed by atoms with Crippen LogP contribution in [-0.2, 0) is 11.2 Å². The van der Waals surface area contributed by atoms with Crippen LogP contribution in [0, 0.1) is 0 Å². The smallest absolute Gasteiger partial charge is 0.115 e. The van der Waals surface area contributed by atoms with Crippen molar-refractivity contribution in [1.82, 2.24) is 0 Å². The first-order valence-corrected chi connectivity index (χ1v) is 6.65. The van der Waals surface area contributed by atoms with Crippen molar-refractivity contribution in [3.63, 3.8) is 0 Å². The van der Waals surface area contributed by atoms with E-state index in [0.717, 1.165) is 25.2 Å². The number of phenols is 1. The normalized spacial score (nSPS) is 9.58. The van der Waals surface area contributed by atoms with Crippen LogP contribution in [0.15, 0.2) is 54.6 Å². The Morgan fingerprint density at radius 2 is 1.47 bits per heavy atom. The molecule has 0 unspecified atom stereocenters. The average molecular weight is 258 g/mol. The van der Waals surface area contributed by atoms with Crippen molar-refractivity contribution in [3.05, 3.63) is 65.7 Å². The van der Waals surface area contributed by atoms with Gasteiger partial charge in [0.15, 0.2) is 0 Å². The van der Waals surface area contributed by atoms with Crippen molar-refractivity contribution in [2.24, 2.45) is 0 Å². The molecule has 0 bridgehead atoms. The Morgan fingerprint density at radius 3 is 2.00 bits per heavy atom. The van der Waals surface area contributed by atoms with Gasteiger partial charge in [0, 0.05) is 13.2 Å². The monoisotopic (exact) mass is 258 g/mol. The second-order valence-corrected chi connectivity index (χ2v) is 4.11. The van der Waals surface area contributed by atoms with E-state index in [1.54, 1.807) is 12.1 Å². The molecule has 0 aliphatic heterocycles. The highest BCUT2D eigenvalue weighted by Crippen LogP contribution is 2.14. The number of rotatable bonds is 4. The molecule has 2 heteroatoms. The summed E-state index contributed by atoms with van der Waals surface area (Å²) in [6.45, 7) is 5.67. The summed E-state index contributed by atoms with van der Waals surface area (Å²) in [4.78, 5) is 0. The van der Waals surface area contributed by atoms with E-state index in [-0.39, 0.29) is 0 Å². The molecule has 0 saturated carbocycles. The maximum atomic E-state index is 9.29. The van der Waals surface area contributed by atoms with Crippen molar-refractivity contribution in [3.8, 4) is 5.75 Å². The molecule has 2 aromatic carbocycles. The fourth-order valence-electron chi connectivity index (χ4n) is 1.70. The second kappa shape index (κ2) is 9.17. The molecule has 0 spiro atoms. The third-order valence-electron chi connectivity index (χ3n) is 2.57. The molecule has 19 heavy (non-hydrogen) atoms. The molecule has 0 aliphatic carbocycles. The van der Waals surface area contributed by atoms with Gasteiger partial charge in [0.25, 0.3) is 0 Å². The first-order valence-electron chi connectivity index (χ1n) is 6.65. The molecule has 0 atom stereocenters. The number of aromatic hydroxyl groups is 1. The lowest BCUT2D eigenvalue weighted by molar-refractivity contribution is 0.162. The second-order valence-electron chi connectivity index (χ2n) is 4.11. The van der Waals surface area contributed by atoms with Crippen LogP contribution in [0.2, 0.25) is 0 Å². The van der Waals surface area contributed by atoms with Crippen LogP contribution in [-0.4, -0.2) is 18.3 Å². The molecule has 0 amide bonds. The van der Waals surface area contributed by atoms with Crippen LogP contribution >= 0.6 is 0 Å². The molecule has 0 aliphatic rings. The predicted octanol–water partition coefficient (Wildman–Crippen LogP) is 4.03. The van der Waals surface area contributed by atoms with E-state index < -0.39 is 0 Å². The fraction of sp³-hybridized carbons (Fsp3) is 0.294. The van der Waals surface area contributed by atoms with Crippen molar-refractivity contribution in [2.75, 3.05) is 13.2 Å². The van der Waals surface area contributed by atoms with E-state index in [1.165, 1.54) is 5.56 Å². The standard InChI is InChI=1S/C13H12O.C4H10O/c14-13-8-4-7-12(10-13)9-11-5-2-1-3-6-11;1-3-5-4-2/h1-8,10,14H,9H2;3-4H2,1-2H3. The lowest BCUT2D eigenvalue weighted by Crippen LogP contribution is -1.86. The van der Waals surface area contributed by atoms with Gasteiger partial charge in [0.2, 0.25) is 0 Å².